The van der Waals surface area contributed by atoms with Crippen molar-refractivity contribution in [1.29, 1.82) is 0 Å². The second-order valence-electron chi connectivity index (χ2n) is 6.67. The van der Waals surface area contributed by atoms with Gasteiger partial charge in [0.05, 0.1) is 17.3 Å². The van der Waals surface area contributed by atoms with E-state index in [4.69, 9.17) is 9.47 Å². The van der Waals surface area contributed by atoms with Gasteiger partial charge in [-0.2, -0.15) is 0 Å². The van der Waals surface area contributed by atoms with E-state index in [0.29, 0.717) is 28.3 Å². The van der Waals surface area contributed by atoms with Crippen LogP contribution in [-0.4, -0.2) is 18.6 Å². The van der Waals surface area contributed by atoms with Gasteiger partial charge in [-0.05, 0) is 42.8 Å². The summed E-state index contributed by atoms with van der Waals surface area (Å²) in [6, 6.07) is 21.4. The number of para-hydroxylation sites is 1. The third-order valence-corrected chi connectivity index (χ3v) is 4.70. The van der Waals surface area contributed by atoms with Crippen LogP contribution in [0.1, 0.15) is 39.2 Å². The lowest BCUT2D eigenvalue weighted by Gasteiger charge is -2.16. The van der Waals surface area contributed by atoms with Gasteiger partial charge in [-0.3, -0.25) is 9.59 Å². The molecule has 0 spiro atoms. The molecule has 4 rings (SSSR count). The van der Waals surface area contributed by atoms with Gasteiger partial charge in [0.1, 0.15) is 0 Å². The molecule has 0 aromatic heterocycles. The lowest BCUT2D eigenvalue weighted by atomic mass is 10.1. The molecule has 6 heteroatoms. The maximum absolute atomic E-state index is 12.8. The minimum absolute atomic E-state index is 0.142. The molecule has 29 heavy (non-hydrogen) atoms. The molecule has 1 aliphatic rings. The Bertz CT molecular complexity index is 1050. The molecule has 0 radical (unpaired) electrons. The number of benzene rings is 3. The molecule has 3 aromatic rings. The normalized spacial score (nSPS) is 12.9. The second kappa shape index (κ2) is 8.06. The third kappa shape index (κ3) is 4.06. The first-order valence-corrected chi connectivity index (χ1v) is 9.27. The van der Waals surface area contributed by atoms with Crippen molar-refractivity contribution in [1.82, 2.24) is 5.32 Å². The molecule has 0 bridgehead atoms. The standard InChI is InChI=1S/C23H20N2O4/c1-15(16-7-3-2-4-8-16)24-23(27)18-9-5-6-10-19(18)25-22(26)17-11-12-20-21(13-17)29-14-28-20/h2-13,15H,14H2,1H3,(H,24,27)(H,25,26)/t15-/m1/s1. The molecule has 2 amide bonds. The predicted molar refractivity (Wildman–Crippen MR) is 109 cm³/mol. The highest BCUT2D eigenvalue weighted by Gasteiger charge is 2.19. The Morgan fingerprint density at radius 3 is 2.41 bits per heavy atom. The first-order valence-electron chi connectivity index (χ1n) is 9.27. The van der Waals surface area contributed by atoms with Crippen LogP contribution in [0.15, 0.2) is 72.8 Å². The number of carbonyl (C=O) groups is 2. The van der Waals surface area contributed by atoms with E-state index in [1.807, 2.05) is 37.3 Å². The smallest absolute Gasteiger partial charge is 0.255 e. The predicted octanol–water partition coefficient (Wildman–Crippen LogP) is 4.16. The van der Waals surface area contributed by atoms with E-state index >= 15 is 0 Å². The van der Waals surface area contributed by atoms with Crippen molar-refractivity contribution in [3.05, 3.63) is 89.5 Å². The molecule has 0 unspecified atom stereocenters. The molecule has 1 aliphatic heterocycles. The molecule has 1 heterocycles. The number of nitrogens with one attached hydrogen (secondary N) is 2. The fourth-order valence-electron chi connectivity index (χ4n) is 3.12. The Morgan fingerprint density at radius 1 is 0.862 bits per heavy atom. The van der Waals surface area contributed by atoms with Crippen LogP contribution in [0.3, 0.4) is 0 Å². The molecular formula is C23H20N2O4. The summed E-state index contributed by atoms with van der Waals surface area (Å²) in [5.74, 6) is 0.541. The zero-order chi connectivity index (χ0) is 20.2. The van der Waals surface area contributed by atoms with Crippen LogP contribution in [0.5, 0.6) is 11.5 Å². The molecule has 146 valence electrons. The summed E-state index contributed by atoms with van der Waals surface area (Å²) < 4.78 is 10.6. The van der Waals surface area contributed by atoms with Gasteiger partial charge in [0.2, 0.25) is 6.79 Å². The minimum Gasteiger partial charge on any atom is -0.454 e. The summed E-state index contributed by atoms with van der Waals surface area (Å²) in [4.78, 5) is 25.5. The van der Waals surface area contributed by atoms with Crippen molar-refractivity contribution in [2.75, 3.05) is 12.1 Å². The van der Waals surface area contributed by atoms with Crippen LogP contribution in [0.2, 0.25) is 0 Å². The highest BCUT2D eigenvalue weighted by molar-refractivity contribution is 6.09. The van der Waals surface area contributed by atoms with Crippen LogP contribution < -0.4 is 20.1 Å². The molecule has 0 fully saturated rings. The van der Waals surface area contributed by atoms with E-state index in [9.17, 15) is 9.59 Å². The Labute approximate surface area is 168 Å². The summed E-state index contributed by atoms with van der Waals surface area (Å²) in [7, 11) is 0. The largest absolute Gasteiger partial charge is 0.454 e. The molecule has 0 saturated carbocycles. The fraction of sp³-hybridized carbons (Fsp3) is 0.130. The van der Waals surface area contributed by atoms with Gasteiger partial charge >= 0.3 is 0 Å². The number of ether oxygens (including phenoxy) is 2. The molecule has 1 atom stereocenters. The molecule has 2 N–H and O–H groups in total. The fourth-order valence-corrected chi connectivity index (χ4v) is 3.12. The van der Waals surface area contributed by atoms with E-state index in [-0.39, 0.29) is 24.6 Å². The average Bonchev–Trinajstić information content (AvgIpc) is 3.22. The van der Waals surface area contributed by atoms with Gasteiger partial charge in [-0.15, -0.1) is 0 Å². The molecule has 3 aromatic carbocycles. The lowest BCUT2D eigenvalue weighted by Crippen LogP contribution is -2.28. The van der Waals surface area contributed by atoms with Crippen LogP contribution in [0, 0.1) is 0 Å². The molecular weight excluding hydrogens is 368 g/mol. The van der Waals surface area contributed by atoms with E-state index in [1.54, 1.807) is 42.5 Å². The van der Waals surface area contributed by atoms with Crippen molar-refractivity contribution in [3.63, 3.8) is 0 Å². The van der Waals surface area contributed by atoms with Gasteiger partial charge in [0.25, 0.3) is 11.8 Å². The topological polar surface area (TPSA) is 76.7 Å². The Morgan fingerprint density at radius 2 is 1.59 bits per heavy atom. The number of anilines is 1. The quantitative estimate of drug-likeness (QED) is 0.688. The summed E-state index contributed by atoms with van der Waals surface area (Å²) in [6.45, 7) is 2.06. The third-order valence-electron chi connectivity index (χ3n) is 4.70. The summed E-state index contributed by atoms with van der Waals surface area (Å²) >= 11 is 0. The van der Waals surface area contributed by atoms with Crippen LogP contribution in [0.25, 0.3) is 0 Å². The van der Waals surface area contributed by atoms with Crippen molar-refractivity contribution in [2.24, 2.45) is 0 Å². The number of rotatable bonds is 5. The summed E-state index contributed by atoms with van der Waals surface area (Å²) in [6.07, 6.45) is 0. The number of hydrogen-bond acceptors (Lipinski definition) is 4. The van der Waals surface area contributed by atoms with Crippen molar-refractivity contribution in [3.8, 4) is 11.5 Å². The van der Waals surface area contributed by atoms with E-state index < -0.39 is 0 Å². The maximum atomic E-state index is 12.8. The van der Waals surface area contributed by atoms with E-state index in [0.717, 1.165) is 5.56 Å². The summed E-state index contributed by atoms with van der Waals surface area (Å²) in [5.41, 5.74) is 2.25. The maximum Gasteiger partial charge on any atom is 0.255 e. The van der Waals surface area contributed by atoms with Crippen LogP contribution in [-0.2, 0) is 0 Å². The monoisotopic (exact) mass is 388 g/mol. The van der Waals surface area contributed by atoms with Crippen molar-refractivity contribution >= 4 is 17.5 Å². The number of amides is 2. The van der Waals surface area contributed by atoms with Gasteiger partial charge < -0.3 is 20.1 Å². The molecule has 0 aliphatic carbocycles. The van der Waals surface area contributed by atoms with Gasteiger partial charge in [0, 0.05) is 5.56 Å². The minimum atomic E-state index is -0.334. The van der Waals surface area contributed by atoms with E-state index in [1.165, 1.54) is 0 Å². The number of carbonyl (C=O) groups excluding carboxylic acids is 2. The SMILES string of the molecule is C[C@@H](NC(=O)c1ccccc1NC(=O)c1ccc2c(c1)OCO2)c1ccccc1. The van der Waals surface area contributed by atoms with Gasteiger partial charge in [0.15, 0.2) is 11.5 Å². The first-order chi connectivity index (χ1) is 14.1. The second-order valence-corrected chi connectivity index (χ2v) is 6.67. The average molecular weight is 388 g/mol. The first kappa shape index (κ1) is 18.6. The summed E-state index contributed by atoms with van der Waals surface area (Å²) in [5, 5.41) is 5.79. The zero-order valence-electron chi connectivity index (χ0n) is 15.8. The highest BCUT2D eigenvalue weighted by atomic mass is 16.7. The molecule has 6 nitrogen and oxygen atoms in total. The Balaban J connectivity index is 1.50. The van der Waals surface area contributed by atoms with Crippen molar-refractivity contribution < 1.29 is 19.1 Å². The van der Waals surface area contributed by atoms with Crippen LogP contribution >= 0.6 is 0 Å². The van der Waals surface area contributed by atoms with Gasteiger partial charge in [-0.25, -0.2) is 0 Å². The lowest BCUT2D eigenvalue weighted by molar-refractivity contribution is 0.0940. The Hall–Kier alpha value is -3.80. The number of hydrogen-bond donors (Lipinski definition) is 2. The Kier molecular flexibility index (Phi) is 5.16. The molecule has 0 saturated heterocycles. The van der Waals surface area contributed by atoms with Gasteiger partial charge in [-0.1, -0.05) is 42.5 Å². The van der Waals surface area contributed by atoms with Crippen molar-refractivity contribution in [2.45, 2.75) is 13.0 Å². The number of fused-ring (bicyclic) bond motifs is 1. The van der Waals surface area contributed by atoms with Crippen LogP contribution in [0.4, 0.5) is 5.69 Å². The van der Waals surface area contributed by atoms with E-state index in [2.05, 4.69) is 10.6 Å². The highest BCUT2D eigenvalue weighted by Crippen LogP contribution is 2.32. The zero-order valence-corrected chi connectivity index (χ0v) is 15.8.